The number of nitrogens with zero attached hydrogens (tertiary/aromatic N) is 4. The van der Waals surface area contributed by atoms with Gasteiger partial charge in [0.2, 0.25) is 0 Å². The Morgan fingerprint density at radius 2 is 0.311 bits per heavy atom. The zero-order chi connectivity index (χ0) is 50.8. The summed E-state index contributed by atoms with van der Waals surface area (Å²) in [5.41, 5.74) is 19.4. The van der Waals surface area contributed by atoms with Crippen molar-refractivity contribution in [2.45, 2.75) is 0 Å². The van der Waals surface area contributed by atoms with Crippen LogP contribution in [0.1, 0.15) is 0 Å². The van der Waals surface area contributed by atoms with Gasteiger partial charge in [0.1, 0.15) is 0 Å². The van der Waals surface area contributed by atoms with Gasteiger partial charge < -0.3 is 0 Å². The third-order valence-electron chi connectivity index (χ3n) is 11.9. The van der Waals surface area contributed by atoms with Crippen LogP contribution in [0.4, 0.5) is 0 Å². The van der Waals surface area contributed by atoms with Crippen molar-refractivity contribution in [1.29, 1.82) is 0 Å². The van der Waals surface area contributed by atoms with E-state index in [1.54, 1.807) is 24.8 Å². The zero-order valence-corrected chi connectivity index (χ0v) is 41.2. The van der Waals surface area contributed by atoms with E-state index in [0.717, 1.165) is 22.3 Å². The third-order valence-corrected chi connectivity index (χ3v) is 11.9. The smallest absolute Gasteiger partial charge is 0.0346 e. The largest absolute Gasteiger partial charge is 0.264 e. The van der Waals surface area contributed by atoms with Crippen molar-refractivity contribution in [3.63, 3.8) is 0 Å². The average Bonchev–Trinajstić information content (AvgIpc) is 3.52. The Morgan fingerprint density at radius 3 is 0.473 bits per heavy atom. The van der Waals surface area contributed by atoms with Gasteiger partial charge in [0.15, 0.2) is 0 Å². The molecule has 0 spiro atoms. The molecule has 0 fully saturated rings. The Morgan fingerprint density at radius 1 is 0.162 bits per heavy atom. The van der Waals surface area contributed by atoms with Crippen LogP contribution >= 0.6 is 0 Å². The molecule has 12 rings (SSSR count). The number of rotatable bonds is 8. The van der Waals surface area contributed by atoms with E-state index in [-0.39, 0.29) is 0 Å². The molecule has 0 aliphatic carbocycles. The monoisotopic (exact) mass is 952 g/mol. The van der Waals surface area contributed by atoms with Gasteiger partial charge in [-0.1, -0.05) is 243 Å². The van der Waals surface area contributed by atoms with E-state index in [2.05, 4.69) is 251 Å². The van der Waals surface area contributed by atoms with Crippen molar-refractivity contribution in [3.8, 4) is 89.0 Å². The fourth-order valence-corrected chi connectivity index (χ4v) is 8.51. The van der Waals surface area contributed by atoms with Crippen molar-refractivity contribution >= 4 is 0 Å². The quantitative estimate of drug-likeness (QED) is 0.142. The summed E-state index contributed by atoms with van der Waals surface area (Å²) >= 11 is 0. The van der Waals surface area contributed by atoms with E-state index in [1.807, 2.05) is 73.3 Å². The summed E-state index contributed by atoms with van der Waals surface area (Å²) in [6, 6.07) is 91.7. The third kappa shape index (κ3) is 13.7. The second-order valence-corrected chi connectivity index (χ2v) is 16.6. The van der Waals surface area contributed by atoms with Crippen LogP contribution in [0.3, 0.4) is 0 Å². The Balaban J connectivity index is 0.000000130. The molecule has 0 bridgehead atoms. The molecule has 4 aromatic heterocycles. The molecule has 0 amide bonds. The predicted octanol–water partition coefficient (Wildman–Crippen LogP) is 18.5. The highest BCUT2D eigenvalue weighted by molar-refractivity contribution is 5.86. The van der Waals surface area contributed by atoms with Crippen LogP contribution in [0.5, 0.6) is 0 Å². The maximum Gasteiger partial charge on any atom is 0.0346 e. The van der Waals surface area contributed by atoms with E-state index in [9.17, 15) is 0 Å². The van der Waals surface area contributed by atoms with E-state index < -0.39 is 0 Å². The Bertz CT molecular complexity index is 2780. The normalized spacial score (nSPS) is 10.0. The molecule has 0 aliphatic rings. The molecule has 0 unspecified atom stereocenters. The van der Waals surface area contributed by atoms with Crippen LogP contribution in [0.2, 0.25) is 0 Å². The van der Waals surface area contributed by atoms with E-state index in [1.165, 1.54) is 66.8 Å². The number of hydrogen-bond donors (Lipinski definition) is 0. The topological polar surface area (TPSA) is 51.6 Å². The zero-order valence-electron chi connectivity index (χ0n) is 41.2. The molecular weight excluding hydrogens is 897 g/mol. The molecule has 4 nitrogen and oxygen atoms in total. The van der Waals surface area contributed by atoms with Gasteiger partial charge >= 0.3 is 0 Å². The molecule has 0 aliphatic heterocycles. The van der Waals surface area contributed by atoms with Crippen LogP contribution in [0, 0.1) is 0 Å². The second-order valence-electron chi connectivity index (χ2n) is 16.6. The average molecular weight is 953 g/mol. The van der Waals surface area contributed by atoms with Crippen LogP contribution in [0.25, 0.3) is 89.0 Å². The van der Waals surface area contributed by atoms with E-state index in [0.29, 0.717) is 0 Å². The highest BCUT2D eigenvalue weighted by Gasteiger charge is 2.09. The predicted molar refractivity (Wildman–Crippen MR) is 312 cm³/mol. The Kier molecular flexibility index (Phi) is 18.7. The summed E-state index contributed by atoms with van der Waals surface area (Å²) in [4.78, 5) is 16.8. The van der Waals surface area contributed by atoms with Gasteiger partial charge in [-0.15, -0.1) is 13.2 Å². The van der Waals surface area contributed by atoms with Gasteiger partial charge in [0, 0.05) is 71.8 Å². The molecule has 74 heavy (non-hydrogen) atoms. The molecule has 4 heteroatoms. The van der Waals surface area contributed by atoms with Crippen LogP contribution in [-0.2, 0) is 0 Å². The van der Waals surface area contributed by atoms with Gasteiger partial charge in [0.25, 0.3) is 0 Å². The Labute approximate surface area is 436 Å². The van der Waals surface area contributed by atoms with Crippen LogP contribution in [0.15, 0.2) is 330 Å². The lowest BCUT2D eigenvalue weighted by Crippen LogP contribution is -1.85. The molecule has 8 aromatic carbocycles. The van der Waals surface area contributed by atoms with E-state index >= 15 is 0 Å². The number of aromatic nitrogens is 4. The van der Waals surface area contributed by atoms with E-state index in [4.69, 9.17) is 0 Å². The van der Waals surface area contributed by atoms with Crippen LogP contribution in [-0.4, -0.2) is 19.9 Å². The molecule has 0 radical (unpaired) electrons. The lowest BCUT2D eigenvalue weighted by Gasteiger charge is -2.09. The SMILES string of the molecule is C=C.c1ccc(-c2ccccc2-c2cccnc2)cc1.c1ccc(-c2ccccc2-c2cccnc2)cc1.c1ccc(-c2ccccc2-c2cccnc2)cc1.c1ccc(-c2ccccc2-c2cccnc2)cc1. The molecule has 0 atom stereocenters. The standard InChI is InChI=1S/4C17H13N.C2H4/c4*1-2-7-14(8-3-1)16-10-4-5-11-17(16)15-9-6-12-18-13-15;1-2/h4*1-13H;1-2H2. The number of benzene rings is 8. The molecule has 12 aromatic rings. The minimum Gasteiger partial charge on any atom is -0.264 e. The lowest BCUT2D eigenvalue weighted by molar-refractivity contribution is 1.33. The summed E-state index contributed by atoms with van der Waals surface area (Å²) in [5.74, 6) is 0. The first-order valence-corrected chi connectivity index (χ1v) is 24.5. The molecular formula is C70H56N4. The highest BCUT2D eigenvalue weighted by Crippen LogP contribution is 2.34. The summed E-state index contributed by atoms with van der Waals surface area (Å²) in [7, 11) is 0. The first-order chi connectivity index (χ1) is 36.8. The fourth-order valence-electron chi connectivity index (χ4n) is 8.51. The second kappa shape index (κ2) is 27.5. The minimum atomic E-state index is 1.15. The fraction of sp³-hybridized carbons (Fsp3) is 0. The van der Waals surface area contributed by atoms with Crippen molar-refractivity contribution in [1.82, 2.24) is 19.9 Å². The summed E-state index contributed by atoms with van der Waals surface area (Å²) in [6.45, 7) is 6.00. The minimum absolute atomic E-state index is 1.15. The summed E-state index contributed by atoms with van der Waals surface area (Å²) in [6.07, 6.45) is 14.8. The number of pyridine rings is 4. The van der Waals surface area contributed by atoms with Gasteiger partial charge in [-0.25, -0.2) is 0 Å². The molecule has 356 valence electrons. The molecule has 0 N–H and O–H groups in total. The van der Waals surface area contributed by atoms with Gasteiger partial charge in [-0.05, 0) is 91.0 Å². The van der Waals surface area contributed by atoms with Gasteiger partial charge in [-0.2, -0.15) is 0 Å². The van der Waals surface area contributed by atoms with Gasteiger partial charge in [-0.3, -0.25) is 19.9 Å². The van der Waals surface area contributed by atoms with Crippen molar-refractivity contribution in [2.75, 3.05) is 0 Å². The summed E-state index contributed by atoms with van der Waals surface area (Å²) < 4.78 is 0. The number of hydrogen-bond acceptors (Lipinski definition) is 4. The first kappa shape index (κ1) is 50.5. The highest BCUT2D eigenvalue weighted by atomic mass is 14.6. The lowest BCUT2D eigenvalue weighted by atomic mass is 9.96. The summed E-state index contributed by atoms with van der Waals surface area (Å²) in [5, 5.41) is 0. The maximum absolute atomic E-state index is 4.20. The van der Waals surface area contributed by atoms with Crippen molar-refractivity contribution in [2.24, 2.45) is 0 Å². The first-order valence-electron chi connectivity index (χ1n) is 24.5. The molecule has 0 saturated heterocycles. The Hall–Kier alpha value is -9.90. The maximum atomic E-state index is 4.20. The molecule has 4 heterocycles. The van der Waals surface area contributed by atoms with Crippen molar-refractivity contribution in [3.05, 3.63) is 330 Å². The van der Waals surface area contributed by atoms with Gasteiger partial charge in [0.05, 0.1) is 0 Å². The van der Waals surface area contributed by atoms with Crippen LogP contribution < -0.4 is 0 Å². The molecule has 0 saturated carbocycles. The van der Waals surface area contributed by atoms with Crippen molar-refractivity contribution < 1.29 is 0 Å².